The number of nitrogens with one attached hydrogen (secondary N) is 1. The number of rotatable bonds is 13. The van der Waals surface area contributed by atoms with Crippen molar-refractivity contribution in [1.29, 1.82) is 0 Å². The van der Waals surface area contributed by atoms with Crippen molar-refractivity contribution >= 4 is 34.4 Å². The minimum Gasteiger partial charge on any atom is -0.497 e. The van der Waals surface area contributed by atoms with E-state index in [4.69, 9.17) is 14.2 Å². The number of halogens is 1. The smallest absolute Gasteiger partial charge is 0.247 e. The van der Waals surface area contributed by atoms with Gasteiger partial charge in [-0.25, -0.2) is 0 Å². The van der Waals surface area contributed by atoms with Gasteiger partial charge < -0.3 is 34.6 Å². The van der Waals surface area contributed by atoms with E-state index < -0.39 is 18.2 Å². The summed E-state index contributed by atoms with van der Waals surface area (Å²) in [4.78, 5) is 28.0. The van der Waals surface area contributed by atoms with Crippen LogP contribution in [0.15, 0.2) is 54.1 Å². The van der Waals surface area contributed by atoms with Crippen LogP contribution >= 0.6 is 22.6 Å². The summed E-state index contributed by atoms with van der Waals surface area (Å²) in [6, 6.07) is 12.2. The molecule has 39 heavy (non-hydrogen) atoms. The molecule has 1 aliphatic carbocycles. The summed E-state index contributed by atoms with van der Waals surface area (Å²) in [6.45, 7) is 2.12. The van der Waals surface area contributed by atoms with Crippen LogP contribution in [0.1, 0.15) is 31.7 Å². The summed E-state index contributed by atoms with van der Waals surface area (Å²) in [7, 11) is 3.18. The van der Waals surface area contributed by atoms with Crippen LogP contribution < -0.4 is 19.5 Å². The van der Waals surface area contributed by atoms with Crippen molar-refractivity contribution < 1.29 is 34.0 Å². The number of aliphatic hydroxyl groups excluding tert-OH is 2. The summed E-state index contributed by atoms with van der Waals surface area (Å²) in [5.41, 5.74) is 1.25. The van der Waals surface area contributed by atoms with Gasteiger partial charge in [0.25, 0.3) is 0 Å². The zero-order valence-electron chi connectivity index (χ0n) is 22.6. The van der Waals surface area contributed by atoms with E-state index in [1.165, 1.54) is 0 Å². The highest BCUT2D eigenvalue weighted by atomic mass is 127. The number of carbonyl (C=O) groups excluding carboxylic acids is 2. The molecule has 2 aromatic carbocycles. The van der Waals surface area contributed by atoms with Gasteiger partial charge in [0.1, 0.15) is 29.5 Å². The first-order chi connectivity index (χ1) is 18.8. The third-order valence-electron chi connectivity index (χ3n) is 6.61. The summed E-state index contributed by atoms with van der Waals surface area (Å²) in [6.07, 6.45) is 1.22. The van der Waals surface area contributed by atoms with E-state index in [2.05, 4.69) is 27.9 Å². The number of hydrogen-bond donors (Lipinski definition) is 3. The molecule has 0 aliphatic heterocycles. The molecular weight excluding hydrogens is 615 g/mol. The van der Waals surface area contributed by atoms with E-state index in [9.17, 15) is 19.8 Å². The molecule has 2 aromatic rings. The summed E-state index contributed by atoms with van der Waals surface area (Å²) in [5, 5.41) is 23.4. The number of amides is 2. The Kier molecular flexibility index (Phi) is 11.9. The fourth-order valence-corrected chi connectivity index (χ4v) is 5.13. The molecule has 0 spiro atoms. The fourth-order valence-electron chi connectivity index (χ4n) is 4.62. The van der Waals surface area contributed by atoms with Crippen LogP contribution in [0.5, 0.6) is 17.2 Å². The molecule has 212 valence electrons. The fraction of sp³-hybridized carbons (Fsp3) is 0.448. The Labute approximate surface area is 243 Å². The quantitative estimate of drug-likeness (QED) is 0.285. The lowest BCUT2D eigenvalue weighted by Crippen LogP contribution is -2.55. The SMILES string of the molecule is CCCC(=O)N(CCc1cc(OC)ccc1OC)[C@@H]1CC(C(=O)NCCO)=C[C@H](Oc2ccccc2I)[C@H]1O. The molecule has 3 N–H and O–H groups in total. The van der Waals surface area contributed by atoms with Crippen molar-refractivity contribution in [3.05, 3.63) is 63.2 Å². The van der Waals surface area contributed by atoms with Crippen molar-refractivity contribution in [2.45, 2.75) is 50.9 Å². The summed E-state index contributed by atoms with van der Waals surface area (Å²) >= 11 is 2.15. The zero-order chi connectivity index (χ0) is 28.4. The number of nitrogens with zero attached hydrogens (tertiary/aromatic N) is 1. The number of hydrogen-bond acceptors (Lipinski definition) is 7. The molecule has 0 heterocycles. The average Bonchev–Trinajstić information content (AvgIpc) is 2.94. The second kappa shape index (κ2) is 15.1. The first-order valence-corrected chi connectivity index (χ1v) is 14.1. The first kappa shape index (κ1) is 30.7. The number of aliphatic hydroxyl groups is 2. The number of para-hydroxylation sites is 1. The van der Waals surface area contributed by atoms with E-state index >= 15 is 0 Å². The molecule has 0 saturated carbocycles. The monoisotopic (exact) mass is 652 g/mol. The third-order valence-corrected chi connectivity index (χ3v) is 7.50. The van der Waals surface area contributed by atoms with Crippen molar-refractivity contribution in [2.75, 3.05) is 33.9 Å². The number of ether oxygens (including phenoxy) is 3. The van der Waals surface area contributed by atoms with Gasteiger partial charge >= 0.3 is 0 Å². The highest BCUT2D eigenvalue weighted by molar-refractivity contribution is 14.1. The normalized spacial score (nSPS) is 18.6. The predicted octanol–water partition coefficient (Wildman–Crippen LogP) is 3.10. The van der Waals surface area contributed by atoms with Gasteiger partial charge in [-0.3, -0.25) is 9.59 Å². The highest BCUT2D eigenvalue weighted by Crippen LogP contribution is 2.31. The van der Waals surface area contributed by atoms with Gasteiger partial charge in [-0.15, -0.1) is 0 Å². The largest absolute Gasteiger partial charge is 0.497 e. The highest BCUT2D eigenvalue weighted by Gasteiger charge is 2.40. The Balaban J connectivity index is 1.95. The summed E-state index contributed by atoms with van der Waals surface area (Å²) < 4.78 is 17.9. The molecule has 2 amide bonds. The van der Waals surface area contributed by atoms with Gasteiger partial charge in [-0.2, -0.15) is 0 Å². The van der Waals surface area contributed by atoms with Crippen molar-refractivity contribution in [1.82, 2.24) is 10.2 Å². The Hall–Kier alpha value is -2.83. The molecule has 0 bridgehead atoms. The van der Waals surface area contributed by atoms with Crippen LogP contribution in [0.4, 0.5) is 0 Å². The number of benzene rings is 2. The predicted molar refractivity (Wildman–Crippen MR) is 156 cm³/mol. The first-order valence-electron chi connectivity index (χ1n) is 13.0. The van der Waals surface area contributed by atoms with Crippen molar-refractivity contribution in [3.8, 4) is 17.2 Å². The maximum absolute atomic E-state index is 13.4. The van der Waals surface area contributed by atoms with Gasteiger partial charge in [0.05, 0.1) is 30.4 Å². The van der Waals surface area contributed by atoms with E-state index in [1.807, 2.05) is 43.3 Å². The lowest BCUT2D eigenvalue weighted by molar-refractivity contribution is -0.138. The molecule has 3 atom stereocenters. The molecule has 3 rings (SSSR count). The Morgan fingerprint density at radius 1 is 1.13 bits per heavy atom. The maximum Gasteiger partial charge on any atom is 0.247 e. The third kappa shape index (κ3) is 8.09. The van der Waals surface area contributed by atoms with Gasteiger partial charge in [0.15, 0.2) is 0 Å². The van der Waals surface area contributed by atoms with E-state index in [-0.39, 0.29) is 31.4 Å². The van der Waals surface area contributed by atoms with E-state index in [1.54, 1.807) is 31.3 Å². The van der Waals surface area contributed by atoms with Crippen molar-refractivity contribution in [2.24, 2.45) is 0 Å². The van der Waals surface area contributed by atoms with Gasteiger partial charge in [-0.1, -0.05) is 19.1 Å². The molecule has 0 fully saturated rings. The van der Waals surface area contributed by atoms with Gasteiger partial charge in [0.2, 0.25) is 11.8 Å². The maximum atomic E-state index is 13.4. The Bertz CT molecular complexity index is 1160. The second-order valence-corrected chi connectivity index (χ2v) is 10.4. The van der Waals surface area contributed by atoms with Crippen LogP contribution in [0, 0.1) is 3.57 Å². The number of carbonyl (C=O) groups is 2. The van der Waals surface area contributed by atoms with Gasteiger partial charge in [-0.05, 0) is 77.4 Å². The Morgan fingerprint density at radius 2 is 1.90 bits per heavy atom. The Morgan fingerprint density at radius 3 is 2.56 bits per heavy atom. The van der Waals surface area contributed by atoms with Crippen LogP contribution in [-0.4, -0.2) is 79.1 Å². The standard InChI is InChI=1S/C29H37IN2O7/c1-4-7-27(34)32(14-12-19-16-21(37-2)10-11-24(19)38-3)23-17-20(29(36)31-13-15-33)18-26(28(23)35)39-25-9-6-5-8-22(25)30/h5-6,8-11,16,18,23,26,28,33,35H,4,7,12-15,17H2,1-3H3,(H,31,36)/t23-,26+,28+/m1/s1. The minimum absolute atomic E-state index is 0.0968. The average molecular weight is 653 g/mol. The molecular formula is C29H37IN2O7. The van der Waals surface area contributed by atoms with Crippen LogP contribution in [0.2, 0.25) is 0 Å². The van der Waals surface area contributed by atoms with Crippen LogP contribution in [-0.2, 0) is 16.0 Å². The molecule has 1 aliphatic rings. The van der Waals surface area contributed by atoms with E-state index in [0.717, 1.165) is 9.13 Å². The van der Waals surface area contributed by atoms with Crippen molar-refractivity contribution in [3.63, 3.8) is 0 Å². The summed E-state index contributed by atoms with van der Waals surface area (Å²) in [5.74, 6) is 1.43. The van der Waals surface area contributed by atoms with E-state index in [0.29, 0.717) is 48.6 Å². The lowest BCUT2D eigenvalue weighted by Gasteiger charge is -2.40. The molecule has 10 heteroatoms. The number of methoxy groups -OCH3 is 2. The molecule has 0 radical (unpaired) electrons. The minimum atomic E-state index is -1.08. The molecule has 0 unspecified atom stereocenters. The topological polar surface area (TPSA) is 118 Å². The lowest BCUT2D eigenvalue weighted by atomic mass is 9.87. The second-order valence-electron chi connectivity index (χ2n) is 9.21. The molecule has 9 nitrogen and oxygen atoms in total. The van der Waals surface area contributed by atoms with Crippen LogP contribution in [0.25, 0.3) is 0 Å². The van der Waals surface area contributed by atoms with Crippen LogP contribution in [0.3, 0.4) is 0 Å². The molecule has 0 aromatic heterocycles. The zero-order valence-corrected chi connectivity index (χ0v) is 24.7. The van der Waals surface area contributed by atoms with Gasteiger partial charge in [0, 0.05) is 31.5 Å². The molecule has 0 saturated heterocycles.